The number of rotatable bonds is 2. The van der Waals surface area contributed by atoms with E-state index in [-0.39, 0.29) is 0 Å². The summed E-state index contributed by atoms with van der Waals surface area (Å²) in [6, 6.07) is 3.71. The number of thioether (sulfide) groups is 1. The van der Waals surface area contributed by atoms with Crippen LogP contribution in [0, 0.1) is 5.92 Å². The maximum Gasteiger partial charge on any atom is 0.157 e. The van der Waals surface area contributed by atoms with Crippen LogP contribution in [0.1, 0.15) is 12.2 Å². The van der Waals surface area contributed by atoms with E-state index in [0.29, 0.717) is 0 Å². The Balaban J connectivity index is 1.86. The fraction of sp³-hybridized carbons (Fsp3) is 0.455. The second kappa shape index (κ2) is 3.97. The highest BCUT2D eigenvalue weighted by atomic mass is 32.2. The predicted molar refractivity (Wildman–Crippen MR) is 66.5 cm³/mol. The molecule has 0 bridgehead atoms. The van der Waals surface area contributed by atoms with Crippen molar-refractivity contribution in [1.29, 1.82) is 0 Å². The molecule has 0 aliphatic carbocycles. The Morgan fingerprint density at radius 2 is 2.50 bits per heavy atom. The molecule has 0 spiro atoms. The zero-order chi connectivity index (χ0) is 11.0. The SMILES string of the molecule is Nc1ccn2nc(CC3CCSC3)nc2c1. The molecule has 0 radical (unpaired) electrons. The number of pyridine rings is 1. The Bertz CT molecular complexity index is 502. The minimum absolute atomic E-state index is 0.739. The second-order valence-electron chi connectivity index (χ2n) is 4.22. The third kappa shape index (κ3) is 1.87. The van der Waals surface area contributed by atoms with Gasteiger partial charge in [-0.1, -0.05) is 0 Å². The molecule has 3 heterocycles. The highest BCUT2D eigenvalue weighted by Crippen LogP contribution is 2.25. The zero-order valence-corrected chi connectivity index (χ0v) is 9.78. The first-order chi connectivity index (χ1) is 7.81. The fourth-order valence-corrected chi connectivity index (χ4v) is 3.32. The van der Waals surface area contributed by atoms with Crippen LogP contribution in [0.3, 0.4) is 0 Å². The van der Waals surface area contributed by atoms with Gasteiger partial charge in [0.1, 0.15) is 0 Å². The molecule has 1 fully saturated rings. The Morgan fingerprint density at radius 1 is 1.56 bits per heavy atom. The summed E-state index contributed by atoms with van der Waals surface area (Å²) in [6.45, 7) is 0. The molecule has 16 heavy (non-hydrogen) atoms. The second-order valence-corrected chi connectivity index (χ2v) is 5.37. The molecule has 2 aromatic rings. The molecule has 0 saturated carbocycles. The summed E-state index contributed by atoms with van der Waals surface area (Å²) in [4.78, 5) is 4.50. The summed E-state index contributed by atoms with van der Waals surface area (Å²) in [6.07, 6.45) is 4.15. The van der Waals surface area contributed by atoms with Crippen LogP contribution in [0.15, 0.2) is 18.3 Å². The van der Waals surface area contributed by atoms with Gasteiger partial charge in [0, 0.05) is 24.4 Å². The minimum Gasteiger partial charge on any atom is -0.399 e. The first-order valence-electron chi connectivity index (χ1n) is 5.50. The van der Waals surface area contributed by atoms with Crippen LogP contribution in [-0.2, 0) is 6.42 Å². The maximum absolute atomic E-state index is 5.71. The molecule has 1 atom stereocenters. The molecular weight excluding hydrogens is 220 g/mol. The average Bonchev–Trinajstić information content (AvgIpc) is 2.86. The van der Waals surface area contributed by atoms with Crippen molar-refractivity contribution in [2.75, 3.05) is 17.2 Å². The summed E-state index contributed by atoms with van der Waals surface area (Å²) in [5, 5.41) is 4.46. The van der Waals surface area contributed by atoms with Gasteiger partial charge in [0.05, 0.1) is 0 Å². The number of aromatic nitrogens is 3. The van der Waals surface area contributed by atoms with Crippen molar-refractivity contribution < 1.29 is 0 Å². The Kier molecular flexibility index (Phi) is 2.47. The normalized spacial score (nSPS) is 20.6. The third-order valence-corrected chi connectivity index (χ3v) is 4.13. The average molecular weight is 234 g/mol. The smallest absolute Gasteiger partial charge is 0.157 e. The molecule has 2 aromatic heterocycles. The van der Waals surface area contributed by atoms with Crippen LogP contribution in [0.4, 0.5) is 5.69 Å². The quantitative estimate of drug-likeness (QED) is 0.857. The molecule has 1 aliphatic heterocycles. The van der Waals surface area contributed by atoms with Gasteiger partial charge >= 0.3 is 0 Å². The van der Waals surface area contributed by atoms with Crippen molar-refractivity contribution in [3.05, 3.63) is 24.2 Å². The first-order valence-corrected chi connectivity index (χ1v) is 6.65. The molecular formula is C11H14N4S. The maximum atomic E-state index is 5.71. The molecule has 3 rings (SSSR count). The van der Waals surface area contributed by atoms with Crippen LogP contribution in [0.25, 0.3) is 5.65 Å². The van der Waals surface area contributed by atoms with Gasteiger partial charge in [-0.2, -0.15) is 16.9 Å². The van der Waals surface area contributed by atoms with Gasteiger partial charge < -0.3 is 5.73 Å². The summed E-state index contributed by atoms with van der Waals surface area (Å²) >= 11 is 2.03. The number of nitrogens with two attached hydrogens (primary N) is 1. The van der Waals surface area contributed by atoms with Crippen molar-refractivity contribution in [3.63, 3.8) is 0 Å². The molecule has 0 amide bonds. The van der Waals surface area contributed by atoms with Crippen molar-refractivity contribution in [3.8, 4) is 0 Å². The van der Waals surface area contributed by atoms with E-state index in [4.69, 9.17) is 5.73 Å². The Hall–Kier alpha value is -1.23. The first kappa shape index (κ1) is 9.96. The molecule has 2 N–H and O–H groups in total. The summed E-state index contributed by atoms with van der Waals surface area (Å²) in [5.74, 6) is 4.22. The fourth-order valence-electron chi connectivity index (χ4n) is 2.03. The van der Waals surface area contributed by atoms with E-state index in [1.807, 2.05) is 30.1 Å². The lowest BCUT2D eigenvalue weighted by Crippen LogP contribution is -2.04. The van der Waals surface area contributed by atoms with Gasteiger partial charge in [-0.3, -0.25) is 0 Å². The topological polar surface area (TPSA) is 56.2 Å². The van der Waals surface area contributed by atoms with Crippen LogP contribution in [-0.4, -0.2) is 26.1 Å². The van der Waals surface area contributed by atoms with E-state index in [0.717, 1.165) is 29.5 Å². The lowest BCUT2D eigenvalue weighted by Gasteiger charge is -2.02. The van der Waals surface area contributed by atoms with Gasteiger partial charge in [0.15, 0.2) is 11.5 Å². The van der Waals surface area contributed by atoms with E-state index in [1.54, 1.807) is 4.52 Å². The van der Waals surface area contributed by atoms with Crippen LogP contribution in [0.2, 0.25) is 0 Å². The standard InChI is InChI=1S/C11H14N4S/c12-9-1-3-15-11(6-9)13-10(14-15)5-8-2-4-16-7-8/h1,3,6,8H,2,4-5,7,12H2. The van der Waals surface area contributed by atoms with E-state index >= 15 is 0 Å². The van der Waals surface area contributed by atoms with E-state index in [9.17, 15) is 0 Å². The number of anilines is 1. The molecule has 84 valence electrons. The predicted octanol–water partition coefficient (Wildman–Crippen LogP) is 1.61. The van der Waals surface area contributed by atoms with E-state index < -0.39 is 0 Å². The van der Waals surface area contributed by atoms with Gasteiger partial charge in [-0.15, -0.1) is 0 Å². The lowest BCUT2D eigenvalue weighted by atomic mass is 10.1. The van der Waals surface area contributed by atoms with Crippen molar-refractivity contribution >= 4 is 23.1 Å². The lowest BCUT2D eigenvalue weighted by molar-refractivity contribution is 0.575. The van der Waals surface area contributed by atoms with Crippen molar-refractivity contribution in [2.24, 2.45) is 5.92 Å². The molecule has 5 heteroatoms. The monoisotopic (exact) mass is 234 g/mol. The largest absolute Gasteiger partial charge is 0.399 e. The number of fused-ring (bicyclic) bond motifs is 1. The molecule has 4 nitrogen and oxygen atoms in total. The summed E-state index contributed by atoms with van der Waals surface area (Å²) < 4.78 is 1.80. The van der Waals surface area contributed by atoms with Gasteiger partial charge in [-0.05, 0) is 29.9 Å². The summed E-state index contributed by atoms with van der Waals surface area (Å²) in [7, 11) is 0. The van der Waals surface area contributed by atoms with Crippen LogP contribution < -0.4 is 5.73 Å². The number of hydrogen-bond acceptors (Lipinski definition) is 4. The molecule has 0 aromatic carbocycles. The number of nitrogen functional groups attached to an aromatic ring is 1. The van der Waals surface area contributed by atoms with Gasteiger partial charge in [0.2, 0.25) is 0 Å². The molecule has 1 aliphatic rings. The summed E-state index contributed by atoms with van der Waals surface area (Å²) in [5.41, 5.74) is 7.30. The Morgan fingerprint density at radius 3 is 3.31 bits per heavy atom. The van der Waals surface area contributed by atoms with Crippen LogP contribution >= 0.6 is 11.8 Å². The van der Waals surface area contributed by atoms with E-state index in [1.165, 1.54) is 17.9 Å². The van der Waals surface area contributed by atoms with Crippen LogP contribution in [0.5, 0.6) is 0 Å². The van der Waals surface area contributed by atoms with Gasteiger partial charge in [0.25, 0.3) is 0 Å². The van der Waals surface area contributed by atoms with E-state index in [2.05, 4.69) is 10.1 Å². The van der Waals surface area contributed by atoms with Crippen molar-refractivity contribution in [2.45, 2.75) is 12.8 Å². The highest BCUT2D eigenvalue weighted by molar-refractivity contribution is 7.99. The third-order valence-electron chi connectivity index (χ3n) is 2.90. The number of nitrogens with zero attached hydrogens (tertiary/aromatic N) is 3. The highest BCUT2D eigenvalue weighted by Gasteiger charge is 2.18. The molecule has 1 saturated heterocycles. The minimum atomic E-state index is 0.739. The van der Waals surface area contributed by atoms with Gasteiger partial charge in [-0.25, -0.2) is 9.50 Å². The number of hydrogen-bond donors (Lipinski definition) is 1. The Labute approximate surface area is 98.2 Å². The van der Waals surface area contributed by atoms with Crippen molar-refractivity contribution in [1.82, 2.24) is 14.6 Å². The molecule has 1 unspecified atom stereocenters. The zero-order valence-electron chi connectivity index (χ0n) is 8.97.